The molecule has 0 spiro atoms. The maximum atomic E-state index is 12.4. The molecule has 0 atom stereocenters. The molecule has 2 heterocycles. The summed E-state index contributed by atoms with van der Waals surface area (Å²) in [6.07, 6.45) is 2.32. The highest BCUT2D eigenvalue weighted by molar-refractivity contribution is 7.94. The first-order chi connectivity index (χ1) is 9.99. The molecule has 1 aliphatic carbocycles. The van der Waals surface area contributed by atoms with E-state index in [0.717, 1.165) is 29.0 Å². The van der Waals surface area contributed by atoms with Crippen LogP contribution in [0, 0.1) is 6.92 Å². The molecular weight excluding hydrogens is 326 g/mol. The molecule has 2 N–H and O–H groups in total. The van der Waals surface area contributed by atoms with E-state index >= 15 is 0 Å². The van der Waals surface area contributed by atoms with E-state index in [2.05, 4.69) is 15.0 Å². The van der Waals surface area contributed by atoms with Crippen LogP contribution in [0.5, 0.6) is 0 Å². The Balaban J connectivity index is 1.80. The molecule has 0 bridgehead atoms. The number of anilines is 1. The SMILES string of the molecule is CNCc1sc(S(=O)(=O)Nc2nc(C3CC3)cs2)cc1C. The summed E-state index contributed by atoms with van der Waals surface area (Å²) < 4.78 is 27.8. The molecule has 1 fully saturated rings. The fraction of sp³-hybridized carbons (Fsp3) is 0.462. The third-order valence-corrected chi connectivity index (χ3v) is 7.29. The van der Waals surface area contributed by atoms with Crippen molar-refractivity contribution < 1.29 is 8.42 Å². The van der Waals surface area contributed by atoms with E-state index in [1.807, 2.05) is 19.4 Å². The Kier molecular flexibility index (Phi) is 4.04. The Morgan fingerprint density at radius 2 is 2.19 bits per heavy atom. The Hall–Kier alpha value is -0.960. The second kappa shape index (κ2) is 5.68. The van der Waals surface area contributed by atoms with Gasteiger partial charge in [-0.25, -0.2) is 13.4 Å². The number of thiophene rings is 1. The average molecular weight is 343 g/mol. The van der Waals surface area contributed by atoms with Crippen molar-refractivity contribution in [3.05, 3.63) is 27.6 Å². The van der Waals surface area contributed by atoms with Gasteiger partial charge in [0.2, 0.25) is 0 Å². The fourth-order valence-corrected chi connectivity index (χ4v) is 5.67. The average Bonchev–Trinajstić information content (AvgIpc) is 3.07. The number of thiazole rings is 1. The zero-order chi connectivity index (χ0) is 15.0. The van der Waals surface area contributed by atoms with Crippen molar-refractivity contribution in [2.24, 2.45) is 0 Å². The van der Waals surface area contributed by atoms with Gasteiger partial charge in [-0.15, -0.1) is 22.7 Å². The molecule has 114 valence electrons. The molecule has 0 unspecified atom stereocenters. The molecule has 0 saturated heterocycles. The number of hydrogen-bond donors (Lipinski definition) is 2. The van der Waals surface area contributed by atoms with Crippen molar-refractivity contribution >= 4 is 37.8 Å². The Bertz CT molecular complexity index is 745. The van der Waals surface area contributed by atoms with Gasteiger partial charge >= 0.3 is 0 Å². The molecule has 0 aromatic carbocycles. The van der Waals surface area contributed by atoms with Crippen LogP contribution in [0.1, 0.15) is 34.9 Å². The molecule has 2 aromatic heterocycles. The van der Waals surface area contributed by atoms with Crippen molar-refractivity contribution in [3.8, 4) is 0 Å². The van der Waals surface area contributed by atoms with E-state index in [1.54, 1.807) is 6.07 Å². The van der Waals surface area contributed by atoms with Gasteiger partial charge in [0.05, 0.1) is 5.69 Å². The molecule has 0 radical (unpaired) electrons. The summed E-state index contributed by atoms with van der Waals surface area (Å²) in [6.45, 7) is 2.60. The highest BCUT2D eigenvalue weighted by Gasteiger charge is 2.27. The van der Waals surface area contributed by atoms with Crippen LogP contribution in [0.4, 0.5) is 5.13 Å². The molecule has 1 saturated carbocycles. The molecule has 5 nitrogen and oxygen atoms in total. The molecule has 0 aliphatic heterocycles. The van der Waals surface area contributed by atoms with Gasteiger partial charge in [-0.2, -0.15) is 0 Å². The third-order valence-electron chi connectivity index (χ3n) is 3.34. The van der Waals surface area contributed by atoms with Gasteiger partial charge in [-0.3, -0.25) is 4.72 Å². The number of rotatable bonds is 6. The quantitative estimate of drug-likeness (QED) is 0.846. The van der Waals surface area contributed by atoms with Gasteiger partial charge in [0.25, 0.3) is 10.0 Å². The lowest BCUT2D eigenvalue weighted by atomic mass is 10.3. The van der Waals surface area contributed by atoms with Gasteiger partial charge in [0.15, 0.2) is 5.13 Å². The van der Waals surface area contributed by atoms with Gasteiger partial charge in [0, 0.05) is 22.7 Å². The third kappa shape index (κ3) is 3.28. The van der Waals surface area contributed by atoms with Crippen LogP contribution in [0.2, 0.25) is 0 Å². The van der Waals surface area contributed by atoms with E-state index in [4.69, 9.17) is 0 Å². The summed E-state index contributed by atoms with van der Waals surface area (Å²) in [6, 6.07) is 1.72. The number of sulfonamides is 1. The number of nitrogens with zero attached hydrogens (tertiary/aromatic N) is 1. The van der Waals surface area contributed by atoms with Crippen molar-refractivity contribution in [2.75, 3.05) is 11.8 Å². The Morgan fingerprint density at radius 3 is 2.86 bits per heavy atom. The Labute approximate surface area is 132 Å². The number of aryl methyl sites for hydroxylation is 1. The number of nitrogens with one attached hydrogen (secondary N) is 2. The lowest BCUT2D eigenvalue weighted by molar-refractivity contribution is 0.603. The predicted molar refractivity (Wildman–Crippen MR) is 86.7 cm³/mol. The zero-order valence-electron chi connectivity index (χ0n) is 11.8. The van der Waals surface area contributed by atoms with E-state index < -0.39 is 10.0 Å². The monoisotopic (exact) mass is 343 g/mol. The number of hydrogen-bond acceptors (Lipinski definition) is 6. The summed E-state index contributed by atoms with van der Waals surface area (Å²) in [4.78, 5) is 5.41. The van der Waals surface area contributed by atoms with E-state index in [1.165, 1.54) is 22.7 Å². The molecule has 2 aromatic rings. The second-order valence-corrected chi connectivity index (χ2v) is 9.06. The molecule has 21 heavy (non-hydrogen) atoms. The normalized spacial score (nSPS) is 15.3. The molecular formula is C13H17N3O2S3. The van der Waals surface area contributed by atoms with Crippen LogP contribution in [-0.2, 0) is 16.6 Å². The minimum Gasteiger partial charge on any atom is -0.315 e. The topological polar surface area (TPSA) is 71.1 Å². The maximum absolute atomic E-state index is 12.4. The first-order valence-electron chi connectivity index (χ1n) is 6.72. The van der Waals surface area contributed by atoms with Crippen LogP contribution >= 0.6 is 22.7 Å². The molecule has 3 rings (SSSR count). The van der Waals surface area contributed by atoms with Crippen LogP contribution in [-0.4, -0.2) is 20.4 Å². The fourth-order valence-electron chi connectivity index (χ4n) is 2.02. The summed E-state index contributed by atoms with van der Waals surface area (Å²) >= 11 is 2.65. The first-order valence-corrected chi connectivity index (χ1v) is 9.89. The Morgan fingerprint density at radius 1 is 1.43 bits per heavy atom. The molecule has 1 aliphatic rings. The number of aromatic nitrogens is 1. The highest BCUT2D eigenvalue weighted by atomic mass is 32.2. The van der Waals surface area contributed by atoms with E-state index in [-0.39, 0.29) is 0 Å². The summed E-state index contributed by atoms with van der Waals surface area (Å²) in [5.41, 5.74) is 2.00. The summed E-state index contributed by atoms with van der Waals surface area (Å²) in [5, 5.41) is 5.45. The molecule has 8 heteroatoms. The zero-order valence-corrected chi connectivity index (χ0v) is 14.3. The van der Waals surface area contributed by atoms with Gasteiger partial charge < -0.3 is 5.32 Å². The van der Waals surface area contributed by atoms with Gasteiger partial charge in [-0.1, -0.05) is 0 Å². The first kappa shape index (κ1) is 15.0. The van der Waals surface area contributed by atoms with Gasteiger partial charge in [0.1, 0.15) is 4.21 Å². The van der Waals surface area contributed by atoms with E-state index in [0.29, 0.717) is 21.8 Å². The highest BCUT2D eigenvalue weighted by Crippen LogP contribution is 2.41. The van der Waals surface area contributed by atoms with Crippen molar-refractivity contribution in [1.82, 2.24) is 10.3 Å². The van der Waals surface area contributed by atoms with Crippen LogP contribution < -0.4 is 10.0 Å². The minimum atomic E-state index is -3.54. The van der Waals surface area contributed by atoms with Gasteiger partial charge in [-0.05, 0) is 38.4 Å². The molecule has 0 amide bonds. The minimum absolute atomic E-state index is 0.341. The van der Waals surface area contributed by atoms with Crippen molar-refractivity contribution in [2.45, 2.75) is 36.4 Å². The van der Waals surface area contributed by atoms with Crippen LogP contribution in [0.3, 0.4) is 0 Å². The summed E-state index contributed by atoms with van der Waals surface area (Å²) in [7, 11) is -1.69. The maximum Gasteiger partial charge on any atom is 0.273 e. The second-order valence-electron chi connectivity index (χ2n) is 5.16. The lowest BCUT2D eigenvalue weighted by Crippen LogP contribution is -2.11. The predicted octanol–water partition coefficient (Wildman–Crippen LogP) is 2.91. The lowest BCUT2D eigenvalue weighted by Gasteiger charge is -2.01. The van der Waals surface area contributed by atoms with E-state index in [9.17, 15) is 8.42 Å². The smallest absolute Gasteiger partial charge is 0.273 e. The standard InChI is InChI=1S/C13H17N3O2S3/c1-8-5-12(20-11(8)6-14-2)21(17,18)16-13-15-10(7-19-13)9-3-4-9/h5,7,9,14H,3-4,6H2,1-2H3,(H,15,16). The van der Waals surface area contributed by atoms with Crippen LogP contribution in [0.15, 0.2) is 15.7 Å². The largest absolute Gasteiger partial charge is 0.315 e. The van der Waals surface area contributed by atoms with Crippen LogP contribution in [0.25, 0.3) is 0 Å². The van der Waals surface area contributed by atoms with Crippen molar-refractivity contribution in [3.63, 3.8) is 0 Å². The van der Waals surface area contributed by atoms with Crippen molar-refractivity contribution in [1.29, 1.82) is 0 Å². The summed E-state index contributed by atoms with van der Waals surface area (Å²) in [5.74, 6) is 0.533.